The van der Waals surface area contributed by atoms with Crippen molar-refractivity contribution in [3.05, 3.63) is 23.9 Å². The lowest BCUT2D eigenvalue weighted by Crippen LogP contribution is -2.33. The van der Waals surface area contributed by atoms with Crippen molar-refractivity contribution in [3.63, 3.8) is 0 Å². The van der Waals surface area contributed by atoms with Crippen molar-refractivity contribution in [2.45, 2.75) is 59.1 Å². The molecule has 0 radical (unpaired) electrons. The topological polar surface area (TPSA) is 108 Å². The van der Waals surface area contributed by atoms with Gasteiger partial charge >= 0.3 is 12.1 Å². The Morgan fingerprint density at radius 3 is 2.67 bits per heavy atom. The number of nitrogens with zero attached hydrogens (tertiary/aromatic N) is 2. The van der Waals surface area contributed by atoms with Crippen molar-refractivity contribution in [2.24, 2.45) is 4.99 Å². The van der Waals surface area contributed by atoms with E-state index in [1.54, 1.807) is 18.3 Å². The number of rotatable bonds is 8. The molecule has 168 valence electrons. The Hall–Kier alpha value is -2.84. The third-order valence-corrected chi connectivity index (χ3v) is 3.60. The Morgan fingerprint density at radius 1 is 1.27 bits per heavy atom. The molecule has 1 N–H and O–H groups in total. The molecule has 1 amide bonds. The number of aromatic nitrogens is 1. The van der Waals surface area contributed by atoms with Gasteiger partial charge < -0.3 is 24.3 Å². The standard InChI is InChI=1S/C19H27N3O6.C2H6/c1-19(2,3)28-18(24)21-8-5-6-10-26-15-11-13(7-9-20-15)16-22-14(12-27-16)17(23)25-4;1-2/h7,9,11,14H,5-6,8,10,12H2,1-4H3,(H,21,24);1-2H3. The van der Waals surface area contributed by atoms with E-state index in [0.29, 0.717) is 30.5 Å². The molecular weight excluding hydrogens is 390 g/mol. The maximum Gasteiger partial charge on any atom is 0.407 e. The van der Waals surface area contributed by atoms with Gasteiger partial charge in [-0.1, -0.05) is 13.8 Å². The van der Waals surface area contributed by atoms with E-state index in [2.05, 4.69) is 20.0 Å². The molecule has 2 heterocycles. The van der Waals surface area contributed by atoms with E-state index < -0.39 is 23.7 Å². The van der Waals surface area contributed by atoms with Crippen LogP contribution in [0, 0.1) is 0 Å². The third-order valence-electron chi connectivity index (χ3n) is 3.60. The highest BCUT2D eigenvalue weighted by atomic mass is 16.6. The minimum Gasteiger partial charge on any atom is -0.478 e. The molecule has 1 atom stereocenters. The monoisotopic (exact) mass is 423 g/mol. The Labute approximate surface area is 178 Å². The van der Waals surface area contributed by atoms with Crippen molar-refractivity contribution in [3.8, 4) is 5.88 Å². The average molecular weight is 424 g/mol. The van der Waals surface area contributed by atoms with Gasteiger partial charge in [0.2, 0.25) is 11.8 Å². The number of aliphatic imine (C=N–C) groups is 1. The second-order valence-electron chi connectivity index (χ2n) is 7.15. The lowest BCUT2D eigenvalue weighted by Gasteiger charge is -2.19. The number of carbonyl (C=O) groups excluding carboxylic acids is 2. The lowest BCUT2D eigenvalue weighted by atomic mass is 10.2. The van der Waals surface area contributed by atoms with E-state index in [1.807, 2.05) is 34.6 Å². The number of esters is 1. The molecule has 30 heavy (non-hydrogen) atoms. The van der Waals surface area contributed by atoms with Gasteiger partial charge in [0, 0.05) is 24.4 Å². The van der Waals surface area contributed by atoms with Crippen molar-refractivity contribution >= 4 is 18.0 Å². The van der Waals surface area contributed by atoms with Crippen LogP contribution in [0.5, 0.6) is 5.88 Å². The number of ether oxygens (including phenoxy) is 4. The van der Waals surface area contributed by atoms with Gasteiger partial charge in [-0.25, -0.2) is 19.6 Å². The second-order valence-corrected chi connectivity index (χ2v) is 7.15. The number of carbonyl (C=O) groups is 2. The first-order valence-electron chi connectivity index (χ1n) is 10.1. The first kappa shape index (κ1) is 25.2. The number of pyridine rings is 1. The second kappa shape index (κ2) is 12.7. The van der Waals surface area contributed by atoms with Gasteiger partial charge in [0.05, 0.1) is 13.7 Å². The van der Waals surface area contributed by atoms with Gasteiger partial charge in [0.1, 0.15) is 12.2 Å². The number of unbranched alkanes of at least 4 members (excludes halogenated alkanes) is 1. The van der Waals surface area contributed by atoms with Crippen LogP contribution in [0.3, 0.4) is 0 Å². The first-order valence-corrected chi connectivity index (χ1v) is 10.1. The fourth-order valence-electron chi connectivity index (χ4n) is 2.32. The molecule has 0 bridgehead atoms. The molecule has 0 aromatic carbocycles. The minimum atomic E-state index is -0.644. The Balaban J connectivity index is 0.00000218. The predicted octanol–water partition coefficient (Wildman–Crippen LogP) is 3.11. The smallest absolute Gasteiger partial charge is 0.407 e. The van der Waals surface area contributed by atoms with E-state index in [0.717, 1.165) is 12.8 Å². The molecule has 1 aromatic heterocycles. The summed E-state index contributed by atoms with van der Waals surface area (Å²) in [6, 6.07) is 2.79. The Kier molecular flexibility index (Phi) is 10.6. The SMILES string of the molecule is CC.COC(=O)C1COC(c2ccnc(OCCCCNC(=O)OC(C)(C)C)c2)=N1. The molecule has 2 rings (SSSR count). The summed E-state index contributed by atoms with van der Waals surface area (Å²) in [5.74, 6) is 0.371. The molecule has 9 heteroatoms. The highest BCUT2D eigenvalue weighted by Gasteiger charge is 2.27. The predicted molar refractivity (Wildman–Crippen MR) is 113 cm³/mol. The van der Waals surface area contributed by atoms with Gasteiger partial charge in [0.25, 0.3) is 0 Å². The Morgan fingerprint density at radius 2 is 2.00 bits per heavy atom. The number of nitrogens with one attached hydrogen (secondary N) is 1. The quantitative estimate of drug-likeness (QED) is 0.505. The Bertz CT molecular complexity index is 715. The summed E-state index contributed by atoms with van der Waals surface area (Å²) < 4.78 is 20.9. The van der Waals surface area contributed by atoms with Crippen LogP contribution in [0.25, 0.3) is 0 Å². The van der Waals surface area contributed by atoms with E-state index in [-0.39, 0.29) is 6.61 Å². The first-order chi connectivity index (χ1) is 14.3. The molecule has 1 aliphatic rings. The summed E-state index contributed by atoms with van der Waals surface area (Å²) in [6.45, 7) is 10.6. The van der Waals surface area contributed by atoms with Gasteiger partial charge in [-0.3, -0.25) is 0 Å². The van der Waals surface area contributed by atoms with Crippen LogP contribution in [-0.2, 0) is 19.0 Å². The lowest BCUT2D eigenvalue weighted by molar-refractivity contribution is -0.142. The van der Waals surface area contributed by atoms with Crippen molar-refractivity contribution < 1.29 is 28.5 Å². The van der Waals surface area contributed by atoms with E-state index >= 15 is 0 Å². The number of hydrogen-bond donors (Lipinski definition) is 1. The molecule has 9 nitrogen and oxygen atoms in total. The van der Waals surface area contributed by atoms with Gasteiger partial charge in [0.15, 0.2) is 6.04 Å². The number of alkyl carbamates (subject to hydrolysis) is 1. The molecule has 0 aliphatic carbocycles. The maximum atomic E-state index is 11.5. The molecule has 1 aliphatic heterocycles. The van der Waals surface area contributed by atoms with Crippen molar-refractivity contribution in [2.75, 3.05) is 26.9 Å². The van der Waals surface area contributed by atoms with Crippen LogP contribution in [0.1, 0.15) is 53.0 Å². The molecule has 0 fully saturated rings. The summed E-state index contributed by atoms with van der Waals surface area (Å²) >= 11 is 0. The molecular formula is C21H33N3O6. The average Bonchev–Trinajstić information content (AvgIpc) is 3.21. The zero-order chi connectivity index (χ0) is 22.6. The summed E-state index contributed by atoms with van der Waals surface area (Å²) in [4.78, 5) is 31.4. The number of amides is 1. The molecule has 1 unspecified atom stereocenters. The summed E-state index contributed by atoms with van der Waals surface area (Å²) in [6.07, 6.45) is 2.65. The van der Waals surface area contributed by atoms with Crippen molar-refractivity contribution in [1.29, 1.82) is 0 Å². The van der Waals surface area contributed by atoms with Gasteiger partial charge in [-0.15, -0.1) is 0 Å². The van der Waals surface area contributed by atoms with Crippen LogP contribution in [0.2, 0.25) is 0 Å². The molecule has 0 saturated carbocycles. The fourth-order valence-corrected chi connectivity index (χ4v) is 2.32. The van der Waals surface area contributed by atoms with Crippen molar-refractivity contribution in [1.82, 2.24) is 10.3 Å². The zero-order valence-corrected chi connectivity index (χ0v) is 18.7. The van der Waals surface area contributed by atoms with Crippen LogP contribution in [0.4, 0.5) is 4.79 Å². The fraction of sp³-hybridized carbons (Fsp3) is 0.619. The zero-order valence-electron chi connectivity index (χ0n) is 18.7. The normalized spacial score (nSPS) is 15.1. The molecule has 1 aromatic rings. The summed E-state index contributed by atoms with van der Waals surface area (Å²) in [7, 11) is 1.32. The van der Waals surface area contributed by atoms with E-state index in [1.165, 1.54) is 7.11 Å². The third kappa shape index (κ3) is 9.11. The van der Waals surface area contributed by atoms with Crippen LogP contribution >= 0.6 is 0 Å². The molecule has 0 spiro atoms. The number of hydrogen-bond acceptors (Lipinski definition) is 8. The van der Waals surface area contributed by atoms with Gasteiger partial charge in [-0.2, -0.15) is 0 Å². The van der Waals surface area contributed by atoms with E-state index in [4.69, 9.17) is 14.2 Å². The van der Waals surface area contributed by atoms with E-state index in [9.17, 15) is 9.59 Å². The summed E-state index contributed by atoms with van der Waals surface area (Å²) in [5.41, 5.74) is 0.177. The van der Waals surface area contributed by atoms with Gasteiger partial charge in [-0.05, 0) is 39.7 Å². The largest absolute Gasteiger partial charge is 0.478 e. The number of methoxy groups -OCH3 is 1. The maximum absolute atomic E-state index is 11.5. The molecule has 0 saturated heterocycles. The highest BCUT2D eigenvalue weighted by Crippen LogP contribution is 2.16. The van der Waals surface area contributed by atoms with Crippen LogP contribution in [-0.4, -0.2) is 61.5 Å². The minimum absolute atomic E-state index is 0.158. The van der Waals surface area contributed by atoms with Crippen LogP contribution < -0.4 is 10.1 Å². The van der Waals surface area contributed by atoms with Crippen LogP contribution in [0.15, 0.2) is 23.3 Å². The highest BCUT2D eigenvalue weighted by molar-refractivity contribution is 5.97. The summed E-state index contributed by atoms with van der Waals surface area (Å²) in [5, 5.41) is 2.70.